The van der Waals surface area contributed by atoms with Gasteiger partial charge in [0.1, 0.15) is 5.65 Å². The summed E-state index contributed by atoms with van der Waals surface area (Å²) in [7, 11) is 0. The Morgan fingerprint density at radius 1 is 0.827 bits per heavy atom. The Morgan fingerprint density at radius 3 is 2.21 bits per heavy atom. The molecule has 2 aliphatic rings. The van der Waals surface area contributed by atoms with E-state index in [-0.39, 0.29) is 43.0 Å². The first-order chi connectivity index (χ1) is 23.9. The number of fused-ring (bicyclic) bond motifs is 3. The Bertz CT molecular complexity index is 2170. The summed E-state index contributed by atoms with van der Waals surface area (Å²) in [5, 5.41) is 2.33. The molecule has 7 rings (SSSR count). The quantitative estimate of drug-likeness (QED) is 0.165. The van der Waals surface area contributed by atoms with E-state index in [0.29, 0.717) is 17.5 Å². The van der Waals surface area contributed by atoms with Gasteiger partial charge in [0.25, 0.3) is 0 Å². The molecule has 0 unspecified atom stereocenters. The molecule has 0 saturated heterocycles. The average Bonchev–Trinajstić information content (AvgIpc) is 3.50. The Hall–Kier alpha value is -3.43. The van der Waals surface area contributed by atoms with Crippen molar-refractivity contribution < 1.29 is 25.8 Å². The Kier molecular flexibility index (Phi) is 9.91. The molecule has 276 valence electrons. The molecule has 5 nitrogen and oxygen atoms in total. The predicted molar refractivity (Wildman–Crippen MR) is 213 cm³/mol. The Balaban J connectivity index is 0.00000464. The van der Waals surface area contributed by atoms with Gasteiger partial charge in [0.15, 0.2) is 0 Å². The molecule has 5 aromatic rings. The van der Waals surface area contributed by atoms with Gasteiger partial charge in [-0.3, -0.25) is 0 Å². The monoisotopic (exact) mass is 875 g/mol. The van der Waals surface area contributed by atoms with E-state index in [2.05, 4.69) is 147 Å². The van der Waals surface area contributed by atoms with E-state index in [9.17, 15) is 0 Å². The van der Waals surface area contributed by atoms with Crippen LogP contribution in [0.4, 0.5) is 0 Å². The second kappa shape index (κ2) is 13.5. The summed E-state index contributed by atoms with van der Waals surface area (Å²) < 4.78 is 9.03. The predicted octanol–water partition coefficient (Wildman–Crippen LogP) is 11.8. The van der Waals surface area contributed by atoms with Crippen molar-refractivity contribution in [2.45, 2.75) is 138 Å². The minimum atomic E-state index is -0.290. The Labute approximate surface area is 326 Å². The molecule has 0 spiro atoms. The first-order valence-corrected chi connectivity index (χ1v) is 19.0. The smallest absolute Gasteiger partial charge is 0.503 e. The third-order valence-corrected chi connectivity index (χ3v) is 12.2. The molecule has 0 amide bonds. The van der Waals surface area contributed by atoms with Gasteiger partial charge in [0, 0.05) is 40.3 Å². The number of hydrogen-bond donors (Lipinski definition) is 0. The Morgan fingerprint density at radius 2 is 1.54 bits per heavy atom. The van der Waals surface area contributed by atoms with Crippen LogP contribution in [0.5, 0.6) is 11.5 Å². The van der Waals surface area contributed by atoms with Gasteiger partial charge >= 0.3 is 21.1 Å². The number of aryl methyl sites for hydroxylation is 3. The second-order valence-corrected chi connectivity index (χ2v) is 18.0. The molecule has 3 heterocycles. The minimum Gasteiger partial charge on any atom is -0.503 e. The second-order valence-electron chi connectivity index (χ2n) is 18.0. The maximum atomic E-state index is 6.81. The maximum Gasteiger partial charge on any atom is 2.00 e. The average molecular weight is 876 g/mol. The number of rotatable bonds is 5. The fourth-order valence-corrected chi connectivity index (χ4v) is 8.75. The van der Waals surface area contributed by atoms with Crippen LogP contribution >= 0.6 is 0 Å². The zero-order valence-corrected chi connectivity index (χ0v) is 35.6. The van der Waals surface area contributed by atoms with Crippen molar-refractivity contribution in [3.8, 4) is 17.2 Å². The number of benzene rings is 3. The van der Waals surface area contributed by atoms with Crippen molar-refractivity contribution in [2.75, 3.05) is 0 Å². The van der Waals surface area contributed by atoms with Gasteiger partial charge in [0.05, 0.1) is 16.6 Å². The first-order valence-electron chi connectivity index (χ1n) is 19.0. The summed E-state index contributed by atoms with van der Waals surface area (Å²) in [5.41, 5.74) is 8.13. The van der Waals surface area contributed by atoms with E-state index in [4.69, 9.17) is 14.7 Å². The number of amidine groups is 1. The zero-order chi connectivity index (χ0) is 36.7. The van der Waals surface area contributed by atoms with Crippen LogP contribution < -0.4 is 4.74 Å². The molecule has 1 atom stereocenters. The molecule has 0 radical (unpaired) electrons. The molecule has 1 saturated carbocycles. The number of aliphatic imine (C=N–C) groups is 1. The summed E-state index contributed by atoms with van der Waals surface area (Å²) in [4.78, 5) is 13.2. The van der Waals surface area contributed by atoms with Crippen LogP contribution in [-0.2, 0) is 26.5 Å². The van der Waals surface area contributed by atoms with E-state index in [1.165, 1.54) is 48.6 Å². The van der Waals surface area contributed by atoms with Crippen molar-refractivity contribution in [3.05, 3.63) is 94.7 Å². The van der Waals surface area contributed by atoms with Crippen molar-refractivity contribution in [3.63, 3.8) is 0 Å². The van der Waals surface area contributed by atoms with Gasteiger partial charge in [-0.15, -0.1) is 35.4 Å². The van der Waals surface area contributed by atoms with Gasteiger partial charge < -0.3 is 19.2 Å². The molecule has 52 heavy (non-hydrogen) atoms. The van der Waals surface area contributed by atoms with E-state index in [1.54, 1.807) is 0 Å². The summed E-state index contributed by atoms with van der Waals surface area (Å²) in [6.07, 6.45) is 8.13. The normalized spacial score (nSPS) is 19.6. The number of aromatic nitrogens is 2. The van der Waals surface area contributed by atoms with E-state index < -0.39 is 0 Å². The third-order valence-electron chi connectivity index (χ3n) is 12.2. The van der Waals surface area contributed by atoms with Crippen molar-refractivity contribution in [2.24, 2.45) is 10.4 Å². The molecule has 1 aliphatic heterocycles. The van der Waals surface area contributed by atoms with Crippen molar-refractivity contribution >= 4 is 27.8 Å². The summed E-state index contributed by atoms with van der Waals surface area (Å²) in [6.45, 7) is 27.4. The molecule has 3 aromatic carbocycles. The zero-order valence-electron chi connectivity index (χ0n) is 33.3. The minimum absolute atomic E-state index is 0. The van der Waals surface area contributed by atoms with Gasteiger partial charge in [-0.2, -0.15) is 5.56 Å². The SMILES string of the molecule is Cc1cc(Oc2[c-]c(C3=N[C@](C)(C(C)(C)C)C(C)(C)N3C3CCCCC3)c(C)cc2C)[c-]c(-n2c3ccc(C(C)(C)C)cc3c3cccnc32)c1.[Pt+2]. The number of pyridine rings is 1. The van der Waals surface area contributed by atoms with Crippen molar-refractivity contribution in [1.82, 2.24) is 14.5 Å². The molecular weight excluding hydrogens is 820 g/mol. The van der Waals surface area contributed by atoms with E-state index in [0.717, 1.165) is 44.8 Å². The first kappa shape index (κ1) is 38.3. The maximum absolute atomic E-state index is 6.81. The largest absolute Gasteiger partial charge is 2.00 e. The van der Waals surface area contributed by atoms with Gasteiger partial charge in [-0.25, -0.2) is 4.98 Å². The standard InChI is InChI=1S/C46H56N4O.Pt/c1-29-23-34(49-39-21-20-32(43(4,5)6)26-38(39)36-19-16-22-47-41(36)49)27-35(24-29)51-40-28-37(30(2)25-31(40)3)42-48-46(12,44(7,8)9)45(10,11)50(42)33-17-14-13-15-18-33;/h16,19-26,33H,13-15,17-18H2,1-12H3;/q-2;+2/t46-;/m1./s1. The number of ether oxygens (including phenoxy) is 1. The van der Waals surface area contributed by atoms with Crippen LogP contribution in [-0.4, -0.2) is 37.4 Å². The van der Waals surface area contributed by atoms with Gasteiger partial charge in [-0.05, 0) is 74.3 Å². The van der Waals surface area contributed by atoms with E-state index in [1.807, 2.05) is 12.3 Å². The third kappa shape index (κ3) is 6.33. The molecule has 6 heteroatoms. The molecule has 0 N–H and O–H groups in total. The summed E-state index contributed by atoms with van der Waals surface area (Å²) >= 11 is 0. The molecule has 0 bridgehead atoms. The van der Waals surface area contributed by atoms with Crippen LogP contribution in [0, 0.1) is 38.3 Å². The molecule has 1 aliphatic carbocycles. The van der Waals surface area contributed by atoms with Crippen molar-refractivity contribution in [1.29, 1.82) is 0 Å². The molecular formula is C46H56N4OPt. The topological polar surface area (TPSA) is 42.6 Å². The van der Waals surface area contributed by atoms with Gasteiger partial charge in [-0.1, -0.05) is 105 Å². The van der Waals surface area contributed by atoms with E-state index >= 15 is 0 Å². The molecule has 2 aromatic heterocycles. The summed E-state index contributed by atoms with van der Waals surface area (Å²) in [5.74, 6) is 2.44. The fraction of sp³-hybridized carbons (Fsp3) is 0.478. The van der Waals surface area contributed by atoms with Crippen LogP contribution in [0.2, 0.25) is 0 Å². The summed E-state index contributed by atoms with van der Waals surface area (Å²) in [6, 6.07) is 25.3. The number of nitrogens with zero attached hydrogens (tertiary/aromatic N) is 4. The van der Waals surface area contributed by atoms with Gasteiger partial charge in [0.2, 0.25) is 0 Å². The van der Waals surface area contributed by atoms with Crippen LogP contribution in [0.25, 0.3) is 27.6 Å². The molecule has 1 fully saturated rings. The van der Waals surface area contributed by atoms with Crippen LogP contribution in [0.1, 0.15) is 122 Å². The van der Waals surface area contributed by atoms with Crippen LogP contribution in [0.3, 0.4) is 0 Å². The number of hydrogen-bond acceptors (Lipinski definition) is 4. The fourth-order valence-electron chi connectivity index (χ4n) is 8.75. The van der Waals surface area contributed by atoms with Crippen LogP contribution in [0.15, 0.2) is 59.7 Å².